The van der Waals surface area contributed by atoms with Crippen molar-refractivity contribution in [3.63, 3.8) is 0 Å². The van der Waals surface area contributed by atoms with Crippen LogP contribution in [0.25, 0.3) is 0 Å². The van der Waals surface area contributed by atoms with Crippen LogP contribution in [0.5, 0.6) is 11.5 Å². The second-order valence-electron chi connectivity index (χ2n) is 5.97. The van der Waals surface area contributed by atoms with Crippen LogP contribution in [0.1, 0.15) is 39.2 Å². The maximum atomic E-state index is 12.6. The number of hydrogen-bond donors (Lipinski definition) is 1. The van der Waals surface area contributed by atoms with Gasteiger partial charge in [0.2, 0.25) is 10.0 Å². The van der Waals surface area contributed by atoms with E-state index in [2.05, 4.69) is 18.6 Å². The van der Waals surface area contributed by atoms with Crippen LogP contribution in [-0.2, 0) is 10.0 Å². The molecule has 0 heterocycles. The Hall–Kier alpha value is -1.27. The molecule has 0 radical (unpaired) electrons. The van der Waals surface area contributed by atoms with Gasteiger partial charge in [-0.1, -0.05) is 13.8 Å². The molecule has 0 saturated heterocycles. The largest absolute Gasteiger partial charge is 0.493 e. The van der Waals surface area contributed by atoms with E-state index in [1.165, 1.54) is 20.3 Å². The topological polar surface area (TPSA) is 64.6 Å². The molecular formula is C16H27NO4S. The summed E-state index contributed by atoms with van der Waals surface area (Å²) in [6.45, 7) is 7.88. The van der Waals surface area contributed by atoms with Gasteiger partial charge in [0.05, 0.1) is 19.1 Å². The Morgan fingerprint density at radius 3 is 2.09 bits per heavy atom. The maximum Gasteiger partial charge on any atom is 0.241 e. The highest BCUT2D eigenvalue weighted by atomic mass is 32.2. The minimum Gasteiger partial charge on any atom is -0.493 e. The zero-order valence-electron chi connectivity index (χ0n) is 14.3. The lowest BCUT2D eigenvalue weighted by Crippen LogP contribution is -2.33. The monoisotopic (exact) mass is 329 g/mol. The summed E-state index contributed by atoms with van der Waals surface area (Å²) >= 11 is 0. The fourth-order valence-electron chi connectivity index (χ4n) is 2.22. The molecule has 0 aliphatic rings. The van der Waals surface area contributed by atoms with Crippen LogP contribution in [0, 0.1) is 12.8 Å². The van der Waals surface area contributed by atoms with E-state index in [-0.39, 0.29) is 10.9 Å². The number of benzene rings is 1. The Kier molecular flexibility index (Phi) is 6.68. The number of methoxy groups -OCH3 is 2. The lowest BCUT2D eigenvalue weighted by Gasteiger charge is -2.18. The molecule has 1 rings (SSSR count). The van der Waals surface area contributed by atoms with Gasteiger partial charge in [0.1, 0.15) is 0 Å². The normalized spacial score (nSPS) is 13.2. The highest BCUT2D eigenvalue weighted by Gasteiger charge is 2.22. The molecule has 0 aromatic heterocycles. The van der Waals surface area contributed by atoms with Gasteiger partial charge in [-0.2, -0.15) is 0 Å². The van der Waals surface area contributed by atoms with Crippen molar-refractivity contribution in [3.8, 4) is 11.5 Å². The summed E-state index contributed by atoms with van der Waals surface area (Å²) in [5, 5.41) is 0. The summed E-state index contributed by atoms with van der Waals surface area (Å²) in [6, 6.07) is 3.07. The van der Waals surface area contributed by atoms with Gasteiger partial charge in [0.25, 0.3) is 0 Å². The van der Waals surface area contributed by atoms with E-state index >= 15 is 0 Å². The minimum absolute atomic E-state index is 0.111. The molecule has 1 aromatic carbocycles. The molecule has 1 aromatic rings. The molecule has 0 saturated carbocycles. The van der Waals surface area contributed by atoms with Crippen molar-refractivity contribution >= 4 is 10.0 Å². The van der Waals surface area contributed by atoms with Crippen molar-refractivity contribution in [1.29, 1.82) is 0 Å². The molecule has 1 atom stereocenters. The lowest BCUT2D eigenvalue weighted by atomic mass is 10.1. The Bertz CT molecular complexity index is 596. The second kappa shape index (κ2) is 7.83. The zero-order chi connectivity index (χ0) is 16.9. The summed E-state index contributed by atoms with van der Waals surface area (Å²) < 4.78 is 38.3. The molecule has 5 nitrogen and oxygen atoms in total. The summed E-state index contributed by atoms with van der Waals surface area (Å²) in [5.41, 5.74) is 0.626. The summed E-state index contributed by atoms with van der Waals surface area (Å²) in [5.74, 6) is 1.48. The molecule has 0 spiro atoms. The van der Waals surface area contributed by atoms with Crippen LogP contribution in [-0.4, -0.2) is 28.7 Å². The molecule has 0 aliphatic heterocycles. The second-order valence-corrected chi connectivity index (χ2v) is 7.65. The average Bonchev–Trinajstić information content (AvgIpc) is 2.43. The third-order valence-electron chi connectivity index (χ3n) is 3.50. The first kappa shape index (κ1) is 18.8. The molecule has 0 aliphatic carbocycles. The third kappa shape index (κ3) is 4.88. The van der Waals surface area contributed by atoms with E-state index in [1.807, 2.05) is 6.92 Å². The van der Waals surface area contributed by atoms with E-state index in [0.717, 1.165) is 12.8 Å². The molecule has 1 N–H and O–H groups in total. The minimum atomic E-state index is -3.58. The highest BCUT2D eigenvalue weighted by molar-refractivity contribution is 7.89. The zero-order valence-corrected chi connectivity index (χ0v) is 15.1. The fourth-order valence-corrected chi connectivity index (χ4v) is 3.74. The van der Waals surface area contributed by atoms with Gasteiger partial charge in [-0.15, -0.1) is 0 Å². The number of nitrogens with one attached hydrogen (secondary N) is 1. The smallest absolute Gasteiger partial charge is 0.241 e. The summed E-state index contributed by atoms with van der Waals surface area (Å²) in [7, 11) is -0.567. The molecule has 0 bridgehead atoms. The van der Waals surface area contributed by atoms with Crippen LogP contribution in [0.2, 0.25) is 0 Å². The molecule has 126 valence electrons. The van der Waals surface area contributed by atoms with Gasteiger partial charge in [-0.3, -0.25) is 0 Å². The summed E-state index contributed by atoms with van der Waals surface area (Å²) in [6.07, 6.45) is 1.79. The van der Waals surface area contributed by atoms with Gasteiger partial charge in [0.15, 0.2) is 11.5 Å². The van der Waals surface area contributed by atoms with Crippen LogP contribution >= 0.6 is 0 Å². The molecule has 22 heavy (non-hydrogen) atoms. The average molecular weight is 329 g/mol. The van der Waals surface area contributed by atoms with Crippen LogP contribution in [0.4, 0.5) is 0 Å². The molecule has 6 heteroatoms. The Balaban J connectivity index is 3.02. The first-order chi connectivity index (χ1) is 10.2. The van der Waals surface area contributed by atoms with E-state index in [1.54, 1.807) is 13.0 Å². The standard InChI is InChI=1S/C16H27NO4S/c1-11(2)7-8-13(4)17-22(18,19)16-10-15(21-6)14(20-5)9-12(16)3/h9-11,13,17H,7-8H2,1-6H3/t13-/m0/s1. The Morgan fingerprint density at radius 1 is 1.05 bits per heavy atom. The van der Waals surface area contributed by atoms with E-state index in [0.29, 0.717) is 23.0 Å². The predicted octanol–water partition coefficient (Wildman–Crippen LogP) is 3.12. The molecule has 0 unspecified atom stereocenters. The van der Waals surface area contributed by atoms with Gasteiger partial charge in [0, 0.05) is 12.1 Å². The highest BCUT2D eigenvalue weighted by Crippen LogP contribution is 2.32. The lowest BCUT2D eigenvalue weighted by molar-refractivity contribution is 0.353. The Morgan fingerprint density at radius 2 is 1.59 bits per heavy atom. The Labute approximate surface area is 134 Å². The molecular weight excluding hydrogens is 302 g/mol. The van der Waals surface area contributed by atoms with Crippen LogP contribution < -0.4 is 14.2 Å². The molecule has 0 amide bonds. The van der Waals surface area contributed by atoms with Crippen molar-refractivity contribution in [2.45, 2.75) is 51.5 Å². The van der Waals surface area contributed by atoms with Gasteiger partial charge in [-0.25, -0.2) is 13.1 Å². The molecule has 0 fully saturated rings. The maximum absolute atomic E-state index is 12.6. The van der Waals surface area contributed by atoms with Crippen molar-refractivity contribution in [2.24, 2.45) is 5.92 Å². The number of rotatable bonds is 8. The van der Waals surface area contributed by atoms with Crippen molar-refractivity contribution in [1.82, 2.24) is 4.72 Å². The quantitative estimate of drug-likeness (QED) is 0.796. The summed E-state index contributed by atoms with van der Waals surface area (Å²) in [4.78, 5) is 0.224. The van der Waals surface area contributed by atoms with Gasteiger partial charge in [-0.05, 0) is 44.2 Å². The van der Waals surface area contributed by atoms with E-state index in [9.17, 15) is 8.42 Å². The number of ether oxygens (including phenoxy) is 2. The van der Waals surface area contributed by atoms with E-state index in [4.69, 9.17) is 9.47 Å². The van der Waals surface area contributed by atoms with Gasteiger partial charge >= 0.3 is 0 Å². The van der Waals surface area contributed by atoms with Crippen molar-refractivity contribution < 1.29 is 17.9 Å². The van der Waals surface area contributed by atoms with Crippen molar-refractivity contribution in [2.75, 3.05) is 14.2 Å². The number of aryl methyl sites for hydroxylation is 1. The SMILES string of the molecule is COc1cc(C)c(S(=O)(=O)N[C@@H](C)CCC(C)C)cc1OC. The van der Waals surface area contributed by atoms with E-state index < -0.39 is 10.0 Å². The fraction of sp³-hybridized carbons (Fsp3) is 0.625. The van der Waals surface area contributed by atoms with Crippen LogP contribution in [0.15, 0.2) is 17.0 Å². The van der Waals surface area contributed by atoms with Crippen LogP contribution in [0.3, 0.4) is 0 Å². The van der Waals surface area contributed by atoms with Gasteiger partial charge < -0.3 is 9.47 Å². The predicted molar refractivity (Wildman–Crippen MR) is 88.1 cm³/mol. The first-order valence-electron chi connectivity index (χ1n) is 7.46. The number of sulfonamides is 1. The number of hydrogen-bond acceptors (Lipinski definition) is 4. The third-order valence-corrected chi connectivity index (χ3v) is 5.24. The first-order valence-corrected chi connectivity index (χ1v) is 8.94. The van der Waals surface area contributed by atoms with Crippen molar-refractivity contribution in [3.05, 3.63) is 17.7 Å².